The Morgan fingerprint density at radius 2 is 2.15 bits per heavy atom. The summed E-state index contributed by atoms with van der Waals surface area (Å²) in [6, 6.07) is 2.17. The third-order valence-corrected chi connectivity index (χ3v) is 5.48. The standard InChI is InChI=1S/C17H22N6S.2ClH/c1-13-16(24-12-20-13)4-2-7-22-9-6-19-17(22)15-10-14-11-18-5-3-8-23(14)21-15;;/h6,9-10,12,18H,2-5,7-8,11H2,1H3;2*1H. The molecule has 3 aromatic rings. The number of nitrogens with one attached hydrogen (secondary N) is 1. The first-order chi connectivity index (χ1) is 11.8. The molecule has 0 amide bonds. The number of hydrogen-bond donors (Lipinski definition) is 1. The van der Waals surface area contributed by atoms with Crippen molar-refractivity contribution in [2.45, 2.75) is 45.8 Å². The molecule has 0 saturated heterocycles. The van der Waals surface area contributed by atoms with Gasteiger partial charge in [-0.1, -0.05) is 0 Å². The van der Waals surface area contributed by atoms with Crippen LogP contribution >= 0.6 is 36.2 Å². The molecule has 1 aliphatic rings. The van der Waals surface area contributed by atoms with Gasteiger partial charge >= 0.3 is 0 Å². The Labute approximate surface area is 169 Å². The van der Waals surface area contributed by atoms with Gasteiger partial charge in [-0.05, 0) is 38.8 Å². The highest BCUT2D eigenvalue weighted by Crippen LogP contribution is 2.20. The molecule has 4 rings (SSSR count). The molecule has 0 fully saturated rings. The Bertz CT molecular complexity index is 801. The molecule has 0 unspecified atom stereocenters. The van der Waals surface area contributed by atoms with Gasteiger partial charge in [0.25, 0.3) is 0 Å². The highest BCUT2D eigenvalue weighted by atomic mass is 35.5. The molecule has 9 heteroatoms. The maximum atomic E-state index is 4.77. The lowest BCUT2D eigenvalue weighted by atomic mass is 10.2. The minimum Gasteiger partial charge on any atom is -0.330 e. The van der Waals surface area contributed by atoms with Crippen molar-refractivity contribution >= 4 is 36.2 Å². The van der Waals surface area contributed by atoms with E-state index in [4.69, 9.17) is 5.10 Å². The third kappa shape index (κ3) is 4.46. The summed E-state index contributed by atoms with van der Waals surface area (Å²) in [6.45, 7) is 5.96. The van der Waals surface area contributed by atoms with Crippen molar-refractivity contribution in [3.63, 3.8) is 0 Å². The molecule has 26 heavy (non-hydrogen) atoms. The van der Waals surface area contributed by atoms with E-state index in [0.717, 1.165) is 62.7 Å². The van der Waals surface area contributed by atoms with Gasteiger partial charge in [-0.3, -0.25) is 4.68 Å². The molecule has 0 atom stereocenters. The van der Waals surface area contributed by atoms with Crippen molar-refractivity contribution in [3.05, 3.63) is 40.2 Å². The molecule has 1 aliphatic heterocycles. The van der Waals surface area contributed by atoms with Gasteiger partial charge in [-0.25, -0.2) is 9.97 Å². The quantitative estimate of drug-likeness (QED) is 0.693. The molecule has 0 spiro atoms. The maximum Gasteiger partial charge on any atom is 0.160 e. The number of aromatic nitrogens is 5. The summed E-state index contributed by atoms with van der Waals surface area (Å²) in [5.41, 5.74) is 5.32. The zero-order valence-corrected chi connectivity index (χ0v) is 17.2. The lowest BCUT2D eigenvalue weighted by Crippen LogP contribution is -2.11. The largest absolute Gasteiger partial charge is 0.330 e. The van der Waals surface area contributed by atoms with Crippen molar-refractivity contribution in [1.82, 2.24) is 29.6 Å². The fourth-order valence-corrected chi connectivity index (χ4v) is 3.99. The topological polar surface area (TPSA) is 60.6 Å². The van der Waals surface area contributed by atoms with Crippen LogP contribution < -0.4 is 5.32 Å². The average molecular weight is 415 g/mol. The fraction of sp³-hybridized carbons (Fsp3) is 0.471. The number of imidazole rings is 1. The van der Waals surface area contributed by atoms with E-state index in [1.807, 2.05) is 11.7 Å². The summed E-state index contributed by atoms with van der Waals surface area (Å²) in [5, 5.41) is 8.21. The second-order valence-electron chi connectivity index (χ2n) is 6.18. The summed E-state index contributed by atoms with van der Waals surface area (Å²) in [7, 11) is 0. The number of fused-ring (bicyclic) bond motifs is 1. The minimum absolute atomic E-state index is 0. The van der Waals surface area contributed by atoms with Crippen LogP contribution in [0.25, 0.3) is 11.5 Å². The molecule has 0 aliphatic carbocycles. The normalized spacial score (nSPS) is 13.4. The molecule has 0 saturated carbocycles. The van der Waals surface area contributed by atoms with Crippen molar-refractivity contribution in [1.29, 1.82) is 0 Å². The average Bonchev–Trinajstić information content (AvgIpc) is 3.26. The van der Waals surface area contributed by atoms with E-state index in [-0.39, 0.29) is 24.8 Å². The van der Waals surface area contributed by atoms with E-state index in [2.05, 4.69) is 43.7 Å². The van der Waals surface area contributed by atoms with Crippen LogP contribution in [0.15, 0.2) is 24.0 Å². The second-order valence-corrected chi connectivity index (χ2v) is 7.12. The molecule has 0 aromatic carbocycles. The lowest BCUT2D eigenvalue weighted by Gasteiger charge is -2.06. The third-order valence-electron chi connectivity index (χ3n) is 4.49. The molecule has 142 valence electrons. The van der Waals surface area contributed by atoms with Crippen LogP contribution in [-0.2, 0) is 26.1 Å². The van der Waals surface area contributed by atoms with Crippen LogP contribution in [0.1, 0.15) is 29.1 Å². The Morgan fingerprint density at radius 3 is 2.96 bits per heavy atom. The molecular weight excluding hydrogens is 391 g/mol. The Morgan fingerprint density at radius 1 is 1.27 bits per heavy atom. The van der Waals surface area contributed by atoms with Crippen molar-refractivity contribution in [3.8, 4) is 11.5 Å². The summed E-state index contributed by atoms with van der Waals surface area (Å²) >= 11 is 1.75. The van der Waals surface area contributed by atoms with Crippen molar-refractivity contribution in [2.24, 2.45) is 0 Å². The van der Waals surface area contributed by atoms with Crippen molar-refractivity contribution < 1.29 is 0 Å². The lowest BCUT2D eigenvalue weighted by molar-refractivity contribution is 0.586. The number of halogens is 2. The first-order valence-corrected chi connectivity index (χ1v) is 9.37. The zero-order chi connectivity index (χ0) is 16.4. The smallest absolute Gasteiger partial charge is 0.160 e. The van der Waals surface area contributed by atoms with E-state index in [1.165, 1.54) is 10.6 Å². The monoisotopic (exact) mass is 414 g/mol. The van der Waals surface area contributed by atoms with Gasteiger partial charge in [0.2, 0.25) is 0 Å². The molecule has 4 heterocycles. The molecular formula is C17H24Cl2N6S. The number of rotatable bonds is 5. The highest BCUT2D eigenvalue weighted by Gasteiger charge is 2.15. The summed E-state index contributed by atoms with van der Waals surface area (Å²) in [4.78, 5) is 10.3. The van der Waals surface area contributed by atoms with Gasteiger partial charge in [-0.2, -0.15) is 5.10 Å². The zero-order valence-electron chi connectivity index (χ0n) is 14.7. The summed E-state index contributed by atoms with van der Waals surface area (Å²) in [6.07, 6.45) is 7.20. The van der Waals surface area contributed by atoms with Gasteiger partial charge in [0.1, 0.15) is 5.69 Å². The van der Waals surface area contributed by atoms with Crippen LogP contribution in [0.5, 0.6) is 0 Å². The SMILES string of the molecule is Cc1ncsc1CCCn1ccnc1-c1cc2n(n1)CCCNC2.Cl.Cl. The van der Waals surface area contributed by atoms with Gasteiger partial charge in [0.15, 0.2) is 5.82 Å². The van der Waals surface area contributed by atoms with E-state index in [9.17, 15) is 0 Å². The predicted octanol–water partition coefficient (Wildman–Crippen LogP) is 3.48. The second kappa shape index (κ2) is 9.50. The highest BCUT2D eigenvalue weighted by molar-refractivity contribution is 7.09. The predicted molar refractivity (Wildman–Crippen MR) is 109 cm³/mol. The van der Waals surface area contributed by atoms with E-state index in [0.29, 0.717) is 0 Å². The summed E-state index contributed by atoms with van der Waals surface area (Å²) < 4.78 is 4.33. The Hall–Kier alpha value is -1.41. The molecule has 1 N–H and O–H groups in total. The fourth-order valence-electron chi connectivity index (χ4n) is 3.17. The molecule has 0 bridgehead atoms. The van der Waals surface area contributed by atoms with E-state index in [1.54, 1.807) is 11.3 Å². The van der Waals surface area contributed by atoms with Crippen LogP contribution in [0.3, 0.4) is 0 Å². The number of nitrogens with zero attached hydrogens (tertiary/aromatic N) is 5. The Kier molecular flexibility index (Phi) is 7.64. The Balaban J connectivity index is 0.00000121. The van der Waals surface area contributed by atoms with Crippen LogP contribution in [0.4, 0.5) is 0 Å². The number of thiazole rings is 1. The van der Waals surface area contributed by atoms with Gasteiger partial charge in [-0.15, -0.1) is 36.2 Å². The van der Waals surface area contributed by atoms with Crippen LogP contribution in [0, 0.1) is 6.92 Å². The van der Waals surface area contributed by atoms with Crippen molar-refractivity contribution in [2.75, 3.05) is 6.54 Å². The molecule has 6 nitrogen and oxygen atoms in total. The molecule has 3 aromatic heterocycles. The number of aryl methyl sites for hydroxylation is 4. The van der Waals surface area contributed by atoms with Gasteiger partial charge in [0.05, 0.1) is 16.9 Å². The number of hydrogen-bond acceptors (Lipinski definition) is 5. The first-order valence-electron chi connectivity index (χ1n) is 8.49. The van der Waals surface area contributed by atoms with Crippen LogP contribution in [-0.4, -0.2) is 30.9 Å². The van der Waals surface area contributed by atoms with Gasteiger partial charge in [0, 0.05) is 36.9 Å². The van der Waals surface area contributed by atoms with E-state index >= 15 is 0 Å². The summed E-state index contributed by atoms with van der Waals surface area (Å²) in [5.74, 6) is 0.969. The van der Waals surface area contributed by atoms with Gasteiger partial charge < -0.3 is 9.88 Å². The van der Waals surface area contributed by atoms with E-state index < -0.39 is 0 Å². The molecule has 0 radical (unpaired) electrons. The maximum absolute atomic E-state index is 4.77. The first kappa shape index (κ1) is 20.9. The van der Waals surface area contributed by atoms with Crippen LogP contribution in [0.2, 0.25) is 0 Å². The minimum atomic E-state index is 0.